The third kappa shape index (κ3) is 4.66. The predicted octanol–water partition coefficient (Wildman–Crippen LogP) is 5.84. The van der Waals surface area contributed by atoms with Gasteiger partial charge in [0.05, 0.1) is 5.70 Å². The summed E-state index contributed by atoms with van der Waals surface area (Å²) in [4.78, 5) is 20.9. The minimum absolute atomic E-state index is 0.0746. The third-order valence-electron chi connectivity index (χ3n) is 7.21. The van der Waals surface area contributed by atoms with Crippen LogP contribution < -0.4 is 5.48 Å². The van der Waals surface area contributed by atoms with E-state index < -0.39 is 0 Å². The third-order valence-corrected chi connectivity index (χ3v) is 7.21. The Morgan fingerprint density at radius 2 is 1.69 bits per heavy atom. The number of nitrogens with one attached hydrogen (secondary N) is 1. The summed E-state index contributed by atoms with van der Waals surface area (Å²) < 4.78 is 0. The lowest BCUT2D eigenvalue weighted by molar-refractivity contribution is -0.0639. The van der Waals surface area contributed by atoms with Gasteiger partial charge in [0.1, 0.15) is 5.60 Å². The van der Waals surface area contributed by atoms with Gasteiger partial charge in [-0.1, -0.05) is 73.9 Å². The van der Waals surface area contributed by atoms with Crippen molar-refractivity contribution in [1.82, 2.24) is 10.4 Å². The van der Waals surface area contributed by atoms with E-state index in [0.717, 1.165) is 42.8 Å². The molecular formula is C28H32N2O2. The molecule has 3 aliphatic rings. The van der Waals surface area contributed by atoms with Gasteiger partial charge < -0.3 is 4.90 Å². The molecule has 2 fully saturated rings. The predicted molar refractivity (Wildman–Crippen MR) is 128 cm³/mol. The standard InChI is InChI=1S/C28H32N2O2/c31-27(25-13-11-23(12-14-25)22-7-3-1-4-8-22)15-18-30-19-16-28(17-20-30)21-26(29-32-28)24-9-5-2-6-10-24/h2,5-6,9-15,18,21-22,29H,1,3-4,7-8,16-17,19-20H2. The Labute approximate surface area is 190 Å². The second-order valence-corrected chi connectivity index (χ2v) is 9.37. The molecule has 1 saturated heterocycles. The SMILES string of the molecule is O=C(C=CN1CCC2(C=C(c3ccccc3)NO2)CC1)c1ccc(C2CCCCC2)cc1. The molecular weight excluding hydrogens is 396 g/mol. The van der Waals surface area contributed by atoms with Crippen LogP contribution in [-0.4, -0.2) is 29.4 Å². The number of hydrogen-bond acceptors (Lipinski definition) is 4. The number of carbonyl (C=O) groups is 1. The fourth-order valence-corrected chi connectivity index (χ4v) is 5.16. The highest BCUT2D eigenvalue weighted by Gasteiger charge is 2.38. The quantitative estimate of drug-likeness (QED) is 0.480. The number of rotatable bonds is 5. The van der Waals surface area contributed by atoms with Crippen LogP contribution in [0.5, 0.6) is 0 Å². The first-order valence-electron chi connectivity index (χ1n) is 12.0. The first-order valence-corrected chi connectivity index (χ1v) is 12.0. The van der Waals surface area contributed by atoms with E-state index in [9.17, 15) is 4.79 Å². The fraction of sp³-hybridized carbons (Fsp3) is 0.393. The maximum absolute atomic E-state index is 12.7. The molecule has 1 saturated carbocycles. The Bertz CT molecular complexity index is 980. The minimum atomic E-state index is -0.255. The van der Waals surface area contributed by atoms with Crippen molar-refractivity contribution in [2.24, 2.45) is 0 Å². The highest BCUT2D eigenvalue weighted by atomic mass is 16.7. The lowest BCUT2D eigenvalue weighted by Gasteiger charge is -2.36. The summed E-state index contributed by atoms with van der Waals surface area (Å²) in [7, 11) is 0. The van der Waals surface area contributed by atoms with Crippen LogP contribution in [0.4, 0.5) is 0 Å². The number of piperidine rings is 1. The van der Waals surface area contributed by atoms with Crippen LogP contribution in [0.3, 0.4) is 0 Å². The van der Waals surface area contributed by atoms with Gasteiger partial charge >= 0.3 is 0 Å². The van der Waals surface area contributed by atoms with Gasteiger partial charge in [-0.05, 0) is 36.0 Å². The normalized spacial score (nSPS) is 21.0. The van der Waals surface area contributed by atoms with Gasteiger partial charge in [0.25, 0.3) is 0 Å². The van der Waals surface area contributed by atoms with Crippen molar-refractivity contribution in [2.75, 3.05) is 13.1 Å². The molecule has 166 valence electrons. The molecule has 1 spiro atoms. The maximum atomic E-state index is 12.7. The zero-order chi connectivity index (χ0) is 21.8. The van der Waals surface area contributed by atoms with Gasteiger partial charge in [0.15, 0.2) is 5.78 Å². The molecule has 2 aromatic carbocycles. The first-order chi connectivity index (χ1) is 15.7. The van der Waals surface area contributed by atoms with Crippen molar-refractivity contribution in [2.45, 2.75) is 56.5 Å². The number of ketones is 1. The van der Waals surface area contributed by atoms with Crippen molar-refractivity contribution in [1.29, 1.82) is 0 Å². The first kappa shape index (κ1) is 21.0. The second kappa shape index (κ2) is 9.33. The van der Waals surface area contributed by atoms with Crippen LogP contribution >= 0.6 is 0 Å². The van der Waals surface area contributed by atoms with Crippen molar-refractivity contribution in [3.8, 4) is 0 Å². The molecule has 1 N–H and O–H groups in total. The van der Waals surface area contributed by atoms with Crippen molar-refractivity contribution >= 4 is 11.5 Å². The summed E-state index contributed by atoms with van der Waals surface area (Å²) in [6.07, 6.45) is 14.3. The number of likely N-dealkylation sites (tertiary alicyclic amines) is 1. The van der Waals surface area contributed by atoms with Gasteiger partial charge in [-0.3, -0.25) is 15.1 Å². The molecule has 32 heavy (non-hydrogen) atoms. The molecule has 0 atom stereocenters. The highest BCUT2D eigenvalue weighted by molar-refractivity contribution is 6.04. The Hall–Kier alpha value is -2.85. The van der Waals surface area contributed by atoms with E-state index in [-0.39, 0.29) is 11.4 Å². The van der Waals surface area contributed by atoms with E-state index in [1.807, 2.05) is 36.5 Å². The topological polar surface area (TPSA) is 41.6 Å². The zero-order valence-corrected chi connectivity index (χ0v) is 18.6. The second-order valence-electron chi connectivity index (χ2n) is 9.37. The number of hydrogen-bond donors (Lipinski definition) is 1. The van der Waals surface area contributed by atoms with E-state index in [1.165, 1.54) is 37.7 Å². The van der Waals surface area contributed by atoms with E-state index in [2.05, 4.69) is 40.7 Å². The Kier molecular flexibility index (Phi) is 6.13. The maximum Gasteiger partial charge on any atom is 0.187 e. The molecule has 0 aromatic heterocycles. The van der Waals surface area contributed by atoms with Gasteiger partial charge in [-0.15, -0.1) is 0 Å². The number of hydroxylamine groups is 1. The van der Waals surface area contributed by atoms with Crippen molar-refractivity contribution < 1.29 is 9.63 Å². The Balaban J connectivity index is 1.15. The fourth-order valence-electron chi connectivity index (χ4n) is 5.16. The lowest BCUT2D eigenvalue weighted by atomic mass is 9.84. The molecule has 0 amide bonds. The molecule has 0 unspecified atom stereocenters. The average molecular weight is 429 g/mol. The molecule has 0 bridgehead atoms. The zero-order valence-electron chi connectivity index (χ0n) is 18.6. The molecule has 2 aliphatic heterocycles. The van der Waals surface area contributed by atoms with Crippen LogP contribution in [0, 0.1) is 0 Å². The summed E-state index contributed by atoms with van der Waals surface area (Å²) in [5.74, 6) is 0.749. The summed E-state index contributed by atoms with van der Waals surface area (Å²) in [6, 6.07) is 18.6. The minimum Gasteiger partial charge on any atom is -0.377 e. The number of nitrogens with zero attached hydrogens (tertiary/aromatic N) is 1. The van der Waals surface area contributed by atoms with E-state index in [1.54, 1.807) is 6.08 Å². The lowest BCUT2D eigenvalue weighted by Crippen LogP contribution is -2.42. The van der Waals surface area contributed by atoms with Gasteiger partial charge in [-0.2, -0.15) is 0 Å². The largest absolute Gasteiger partial charge is 0.377 e. The molecule has 4 nitrogen and oxygen atoms in total. The molecule has 2 aromatic rings. The molecule has 2 heterocycles. The Morgan fingerprint density at radius 1 is 0.969 bits per heavy atom. The highest BCUT2D eigenvalue weighted by Crippen LogP contribution is 2.35. The van der Waals surface area contributed by atoms with Crippen LogP contribution in [0.15, 0.2) is 72.9 Å². The smallest absolute Gasteiger partial charge is 0.187 e. The van der Waals surface area contributed by atoms with Crippen LogP contribution in [-0.2, 0) is 4.84 Å². The van der Waals surface area contributed by atoms with E-state index in [0.29, 0.717) is 5.92 Å². The van der Waals surface area contributed by atoms with Crippen LogP contribution in [0.1, 0.15) is 72.3 Å². The van der Waals surface area contributed by atoms with Gasteiger partial charge in [-0.25, -0.2) is 0 Å². The van der Waals surface area contributed by atoms with Gasteiger partial charge in [0, 0.05) is 43.8 Å². The Morgan fingerprint density at radius 3 is 2.41 bits per heavy atom. The molecule has 4 heteroatoms. The number of allylic oxidation sites excluding steroid dienone is 1. The van der Waals surface area contributed by atoms with E-state index in [4.69, 9.17) is 4.84 Å². The molecule has 0 radical (unpaired) electrons. The summed E-state index contributed by atoms with van der Waals surface area (Å²) in [6.45, 7) is 1.73. The van der Waals surface area contributed by atoms with E-state index >= 15 is 0 Å². The summed E-state index contributed by atoms with van der Waals surface area (Å²) >= 11 is 0. The number of benzene rings is 2. The molecule has 5 rings (SSSR count). The molecule has 1 aliphatic carbocycles. The summed E-state index contributed by atoms with van der Waals surface area (Å²) in [5, 5.41) is 0. The van der Waals surface area contributed by atoms with Crippen molar-refractivity contribution in [3.05, 3.63) is 89.6 Å². The monoisotopic (exact) mass is 428 g/mol. The van der Waals surface area contributed by atoms with Crippen LogP contribution in [0.25, 0.3) is 5.70 Å². The van der Waals surface area contributed by atoms with Gasteiger partial charge in [0.2, 0.25) is 0 Å². The number of carbonyl (C=O) groups excluding carboxylic acids is 1. The van der Waals surface area contributed by atoms with Crippen molar-refractivity contribution in [3.63, 3.8) is 0 Å². The summed E-state index contributed by atoms with van der Waals surface area (Å²) in [5.41, 5.74) is 7.21. The average Bonchev–Trinajstić information content (AvgIpc) is 3.28. The van der Waals surface area contributed by atoms with Crippen LogP contribution in [0.2, 0.25) is 0 Å².